The van der Waals surface area contributed by atoms with Gasteiger partial charge in [0.1, 0.15) is 5.54 Å². The van der Waals surface area contributed by atoms with Crippen molar-refractivity contribution in [2.24, 2.45) is 0 Å². The third-order valence-electron chi connectivity index (χ3n) is 7.60. The molecule has 0 unspecified atom stereocenters. The molecule has 3 aliphatic rings. The number of fused-ring (bicyclic) bond motifs is 1. The molecule has 0 aromatic heterocycles. The minimum Gasteiger partial charge on any atom is -0.493 e. The molecule has 0 bridgehead atoms. The molecule has 2 amide bonds. The van der Waals surface area contributed by atoms with E-state index in [1.165, 1.54) is 5.56 Å². The summed E-state index contributed by atoms with van der Waals surface area (Å²) in [6, 6.07) is 13.7. The first-order valence-corrected chi connectivity index (χ1v) is 12.4. The maximum Gasteiger partial charge on any atom is 0.250 e. The third-order valence-corrected chi connectivity index (χ3v) is 7.60. The zero-order valence-corrected chi connectivity index (χ0v) is 20.6. The quantitative estimate of drug-likeness (QED) is 0.688. The largest absolute Gasteiger partial charge is 0.493 e. The molecule has 186 valence electrons. The van der Waals surface area contributed by atoms with Crippen LogP contribution >= 0.6 is 0 Å². The van der Waals surface area contributed by atoms with Gasteiger partial charge >= 0.3 is 0 Å². The number of carbonyl (C=O) groups is 2. The molecule has 2 aromatic carbocycles. The summed E-state index contributed by atoms with van der Waals surface area (Å²) in [7, 11) is 3.29. The average Bonchev–Trinajstić information content (AvgIpc) is 3.36. The number of nitrogens with one attached hydrogen (secondary N) is 1. The van der Waals surface area contributed by atoms with Gasteiger partial charge < -0.3 is 14.8 Å². The molecule has 2 aliphatic heterocycles. The first-order chi connectivity index (χ1) is 17.0. The summed E-state index contributed by atoms with van der Waals surface area (Å²) in [4.78, 5) is 33.3. The predicted molar refractivity (Wildman–Crippen MR) is 135 cm³/mol. The minimum atomic E-state index is -0.749. The number of carbonyl (C=O) groups excluding carboxylic acids is 2. The molecule has 35 heavy (non-hydrogen) atoms. The molecule has 2 aromatic rings. The summed E-state index contributed by atoms with van der Waals surface area (Å²) in [5.74, 6) is 1.44. The molecule has 2 heterocycles. The number of rotatable bonds is 6. The second-order valence-corrected chi connectivity index (χ2v) is 9.68. The van der Waals surface area contributed by atoms with E-state index in [2.05, 4.69) is 21.2 Å². The van der Waals surface area contributed by atoms with Gasteiger partial charge in [-0.2, -0.15) is 0 Å². The lowest BCUT2D eigenvalue weighted by molar-refractivity contribution is -0.128. The monoisotopic (exact) mass is 478 g/mol. The van der Waals surface area contributed by atoms with E-state index >= 15 is 0 Å². The number of hydrogen-bond donors (Lipinski definition) is 1. The molecule has 1 saturated heterocycles. The number of para-hydroxylation sites is 2. The van der Waals surface area contributed by atoms with Crippen LogP contribution in [-0.2, 0) is 16.1 Å². The zero-order chi connectivity index (χ0) is 24.4. The van der Waals surface area contributed by atoms with E-state index in [1.807, 2.05) is 41.3 Å². The lowest BCUT2D eigenvalue weighted by Crippen LogP contribution is -2.62. The number of piperazine rings is 1. The van der Waals surface area contributed by atoms with Gasteiger partial charge in [-0.05, 0) is 42.7 Å². The second-order valence-electron chi connectivity index (χ2n) is 9.68. The van der Waals surface area contributed by atoms with E-state index in [0.29, 0.717) is 6.54 Å². The Morgan fingerprint density at radius 1 is 0.943 bits per heavy atom. The molecule has 1 spiro atoms. The molecule has 0 atom stereocenters. The van der Waals surface area contributed by atoms with Crippen LogP contribution in [0.4, 0.5) is 11.4 Å². The number of methoxy groups -OCH3 is 2. The van der Waals surface area contributed by atoms with Crippen molar-refractivity contribution < 1.29 is 19.1 Å². The van der Waals surface area contributed by atoms with E-state index in [9.17, 15) is 9.59 Å². The van der Waals surface area contributed by atoms with Gasteiger partial charge in [0.2, 0.25) is 5.91 Å². The van der Waals surface area contributed by atoms with E-state index < -0.39 is 5.54 Å². The van der Waals surface area contributed by atoms with Gasteiger partial charge in [-0.1, -0.05) is 31.0 Å². The minimum absolute atomic E-state index is 0.0162. The van der Waals surface area contributed by atoms with E-state index in [-0.39, 0.29) is 11.8 Å². The lowest BCUT2D eigenvalue weighted by atomic mass is 9.89. The molecule has 2 fully saturated rings. The summed E-state index contributed by atoms with van der Waals surface area (Å²) in [6.07, 6.45) is 3.37. The van der Waals surface area contributed by atoms with Crippen molar-refractivity contribution in [3.8, 4) is 11.5 Å². The Morgan fingerprint density at radius 3 is 2.34 bits per heavy atom. The topological polar surface area (TPSA) is 74.4 Å². The predicted octanol–water partition coefficient (Wildman–Crippen LogP) is 3.12. The van der Waals surface area contributed by atoms with Gasteiger partial charge in [-0.15, -0.1) is 0 Å². The van der Waals surface area contributed by atoms with Gasteiger partial charge in [-0.25, -0.2) is 0 Å². The number of benzene rings is 2. The summed E-state index contributed by atoms with van der Waals surface area (Å²) in [6.45, 7) is 4.54. The normalized spacial score (nSPS) is 19.9. The third kappa shape index (κ3) is 4.48. The highest BCUT2D eigenvalue weighted by atomic mass is 16.5. The van der Waals surface area contributed by atoms with Crippen LogP contribution < -0.4 is 19.7 Å². The van der Waals surface area contributed by atoms with Crippen LogP contribution in [0.15, 0.2) is 42.5 Å². The van der Waals surface area contributed by atoms with E-state index in [1.54, 1.807) is 14.2 Å². The Labute approximate surface area is 206 Å². The highest BCUT2D eigenvalue weighted by molar-refractivity contribution is 6.15. The molecule has 5 rings (SSSR count). The highest BCUT2D eigenvalue weighted by Crippen LogP contribution is 2.45. The van der Waals surface area contributed by atoms with Crippen molar-refractivity contribution in [1.29, 1.82) is 0 Å². The molecule has 8 nitrogen and oxygen atoms in total. The van der Waals surface area contributed by atoms with Gasteiger partial charge in [0.05, 0.1) is 32.1 Å². The van der Waals surface area contributed by atoms with Crippen molar-refractivity contribution >= 4 is 23.2 Å². The van der Waals surface area contributed by atoms with Crippen molar-refractivity contribution in [2.45, 2.75) is 37.8 Å². The zero-order valence-electron chi connectivity index (χ0n) is 20.6. The SMILES string of the molecule is COc1ccc(CN2CCN(CC(=O)N3c4ccccc4NC(=O)C34CCCC4)CC2)cc1OC. The van der Waals surface area contributed by atoms with Gasteiger partial charge in [-0.3, -0.25) is 24.3 Å². The number of hydrogen-bond acceptors (Lipinski definition) is 6. The molecule has 1 saturated carbocycles. The van der Waals surface area contributed by atoms with Crippen LogP contribution in [0, 0.1) is 0 Å². The summed E-state index contributed by atoms with van der Waals surface area (Å²) in [5, 5.41) is 3.06. The van der Waals surface area contributed by atoms with Crippen molar-refractivity contribution in [3.05, 3.63) is 48.0 Å². The Balaban J connectivity index is 1.24. The number of amides is 2. The van der Waals surface area contributed by atoms with Crippen LogP contribution in [0.3, 0.4) is 0 Å². The maximum atomic E-state index is 13.7. The molecular weight excluding hydrogens is 444 g/mol. The molecule has 1 aliphatic carbocycles. The van der Waals surface area contributed by atoms with Crippen LogP contribution in [-0.4, -0.2) is 74.1 Å². The maximum absolute atomic E-state index is 13.7. The lowest BCUT2D eigenvalue weighted by Gasteiger charge is -2.45. The Hall–Kier alpha value is -3.10. The summed E-state index contributed by atoms with van der Waals surface area (Å²) in [5.41, 5.74) is 1.97. The highest BCUT2D eigenvalue weighted by Gasteiger charge is 2.52. The number of nitrogens with zero attached hydrogens (tertiary/aromatic N) is 3. The smallest absolute Gasteiger partial charge is 0.250 e. The molecule has 1 N–H and O–H groups in total. The number of ether oxygens (including phenoxy) is 2. The fourth-order valence-corrected chi connectivity index (χ4v) is 5.73. The van der Waals surface area contributed by atoms with Crippen LogP contribution in [0.1, 0.15) is 31.2 Å². The van der Waals surface area contributed by atoms with Crippen LogP contribution in [0.5, 0.6) is 11.5 Å². The van der Waals surface area contributed by atoms with Gasteiger partial charge in [0.25, 0.3) is 5.91 Å². The number of anilines is 2. The van der Waals surface area contributed by atoms with Gasteiger partial charge in [0, 0.05) is 32.7 Å². The first kappa shape index (κ1) is 23.6. The van der Waals surface area contributed by atoms with Crippen molar-refractivity contribution in [2.75, 3.05) is 57.2 Å². The average molecular weight is 479 g/mol. The van der Waals surface area contributed by atoms with Crippen LogP contribution in [0.25, 0.3) is 0 Å². The Morgan fingerprint density at radius 2 is 1.63 bits per heavy atom. The molecular formula is C27H34N4O4. The van der Waals surface area contributed by atoms with Crippen molar-refractivity contribution in [1.82, 2.24) is 9.80 Å². The van der Waals surface area contributed by atoms with E-state index in [0.717, 1.165) is 81.3 Å². The summed E-state index contributed by atoms with van der Waals surface area (Å²) < 4.78 is 10.8. The Bertz CT molecular complexity index is 1090. The van der Waals surface area contributed by atoms with E-state index in [4.69, 9.17) is 9.47 Å². The van der Waals surface area contributed by atoms with Gasteiger partial charge in [0.15, 0.2) is 11.5 Å². The molecule has 0 radical (unpaired) electrons. The Kier molecular flexibility index (Phi) is 6.67. The second kappa shape index (κ2) is 9.87. The fourth-order valence-electron chi connectivity index (χ4n) is 5.73. The fraction of sp³-hybridized carbons (Fsp3) is 0.481. The molecule has 8 heteroatoms. The first-order valence-electron chi connectivity index (χ1n) is 12.4. The summed E-state index contributed by atoms with van der Waals surface area (Å²) >= 11 is 0. The standard InChI is InChI=1S/C27H34N4O4/c1-34-23-10-9-20(17-24(23)35-2)18-29-13-15-30(16-14-29)19-25(32)31-22-8-4-3-7-21(22)28-26(33)27(31)11-5-6-12-27/h3-4,7-10,17H,5-6,11-16,18-19H2,1-2H3,(H,28,33). The van der Waals surface area contributed by atoms with Crippen LogP contribution in [0.2, 0.25) is 0 Å². The van der Waals surface area contributed by atoms with Crippen molar-refractivity contribution in [3.63, 3.8) is 0 Å².